The molecule has 0 heterocycles. The van der Waals surface area contributed by atoms with Gasteiger partial charge in [-0.05, 0) is 122 Å². The van der Waals surface area contributed by atoms with Gasteiger partial charge >= 0.3 is 0 Å². The molecule has 2 N–H and O–H groups in total. The summed E-state index contributed by atoms with van der Waals surface area (Å²) in [5.74, 6) is 0.271. The highest BCUT2D eigenvalue weighted by atomic mass is 16.5. The van der Waals surface area contributed by atoms with Crippen LogP contribution in [-0.4, -0.2) is 124 Å². The van der Waals surface area contributed by atoms with Crippen LogP contribution in [0.25, 0.3) is 0 Å². The molecular formula is C57H101N5O6. The second kappa shape index (κ2) is 41.5. The third-order valence-electron chi connectivity index (χ3n) is 13.3. The molecule has 2 fully saturated rings. The predicted molar refractivity (Wildman–Crippen MR) is 282 cm³/mol. The van der Waals surface area contributed by atoms with Crippen molar-refractivity contribution >= 4 is 23.6 Å². The molecule has 68 heavy (non-hydrogen) atoms. The minimum atomic E-state index is -0.474. The molecule has 0 radical (unpaired) electrons. The number of amides is 4. The van der Waals surface area contributed by atoms with Crippen molar-refractivity contribution in [1.82, 2.24) is 25.3 Å². The highest BCUT2D eigenvalue weighted by molar-refractivity contribution is 5.89. The summed E-state index contributed by atoms with van der Waals surface area (Å²) in [6, 6.07) is -0.947. The molecular weight excluding hydrogens is 851 g/mol. The summed E-state index contributed by atoms with van der Waals surface area (Å²) < 4.78 is 10.8. The molecule has 0 bridgehead atoms. The number of carbonyl (C=O) groups is 4. The maximum Gasteiger partial charge on any atom is 0.243 e. The zero-order valence-corrected chi connectivity index (χ0v) is 44.2. The Labute approximate surface area is 416 Å². The van der Waals surface area contributed by atoms with E-state index in [9.17, 15) is 19.2 Å². The van der Waals surface area contributed by atoms with Crippen LogP contribution in [0.3, 0.4) is 0 Å². The minimum Gasteiger partial charge on any atom is -0.383 e. The summed E-state index contributed by atoms with van der Waals surface area (Å²) in [5, 5.41) is 6.26. The first-order chi connectivity index (χ1) is 33.3. The van der Waals surface area contributed by atoms with Gasteiger partial charge in [0, 0.05) is 66.3 Å². The molecule has 2 rings (SSSR count). The highest BCUT2D eigenvalue weighted by Gasteiger charge is 2.43. The van der Waals surface area contributed by atoms with Crippen LogP contribution in [0.5, 0.6) is 0 Å². The van der Waals surface area contributed by atoms with Crippen molar-refractivity contribution in [2.75, 3.05) is 73.7 Å². The maximum atomic E-state index is 13.7. The van der Waals surface area contributed by atoms with Gasteiger partial charge in [0.1, 0.15) is 12.1 Å². The second-order valence-electron chi connectivity index (χ2n) is 19.6. The third kappa shape index (κ3) is 30.4. The van der Waals surface area contributed by atoms with E-state index in [0.29, 0.717) is 65.3 Å². The van der Waals surface area contributed by atoms with E-state index >= 15 is 0 Å². The first kappa shape index (κ1) is 60.8. The summed E-state index contributed by atoms with van der Waals surface area (Å²) in [7, 11) is 5.25. The zero-order valence-electron chi connectivity index (χ0n) is 44.2. The van der Waals surface area contributed by atoms with Crippen LogP contribution in [-0.2, 0) is 28.7 Å². The number of nitrogens with one attached hydrogen (secondary N) is 2. The molecule has 0 spiro atoms. The van der Waals surface area contributed by atoms with Gasteiger partial charge in [-0.15, -0.1) is 0 Å². The molecule has 0 aromatic heterocycles. The van der Waals surface area contributed by atoms with Crippen molar-refractivity contribution in [3.05, 3.63) is 48.6 Å². The Morgan fingerprint density at radius 2 is 0.824 bits per heavy atom. The van der Waals surface area contributed by atoms with Gasteiger partial charge in [0.05, 0.1) is 13.2 Å². The number of ether oxygens (including phenoxy) is 2. The lowest BCUT2D eigenvalue weighted by Crippen LogP contribution is -2.53. The molecule has 2 atom stereocenters. The number of allylic oxidation sites excluding steroid dienone is 8. The van der Waals surface area contributed by atoms with E-state index in [1.807, 2.05) is 7.05 Å². The summed E-state index contributed by atoms with van der Waals surface area (Å²) >= 11 is 0. The van der Waals surface area contributed by atoms with Crippen LogP contribution < -0.4 is 10.6 Å². The Balaban J connectivity index is 1.71. The van der Waals surface area contributed by atoms with Gasteiger partial charge in [-0.3, -0.25) is 19.2 Å². The predicted octanol–water partition coefficient (Wildman–Crippen LogP) is 11.3. The Hall–Kier alpha value is -3.28. The van der Waals surface area contributed by atoms with Crippen LogP contribution in [0.1, 0.15) is 194 Å². The Morgan fingerprint density at radius 3 is 1.16 bits per heavy atom. The molecule has 2 aliphatic carbocycles. The van der Waals surface area contributed by atoms with E-state index < -0.39 is 12.1 Å². The molecule has 0 aliphatic heterocycles. The monoisotopic (exact) mass is 952 g/mol. The summed E-state index contributed by atoms with van der Waals surface area (Å²) in [5.41, 5.74) is 0. The van der Waals surface area contributed by atoms with E-state index in [2.05, 4.69) is 78.0 Å². The van der Waals surface area contributed by atoms with Gasteiger partial charge < -0.3 is 34.8 Å². The molecule has 4 amide bonds. The van der Waals surface area contributed by atoms with Gasteiger partial charge in [0.15, 0.2) is 0 Å². The number of methoxy groups -OCH3 is 2. The number of unbranched alkanes of at least 4 members (excludes halogenated alkanes) is 16. The number of carbonyl (C=O) groups excluding carboxylic acids is 4. The number of hydrogen-bond donors (Lipinski definition) is 2. The van der Waals surface area contributed by atoms with E-state index in [4.69, 9.17) is 9.47 Å². The number of likely N-dealkylation sites (N-methyl/N-ethyl adjacent to an activating group) is 1. The number of hydrogen-bond acceptors (Lipinski definition) is 7. The third-order valence-corrected chi connectivity index (χ3v) is 13.3. The summed E-state index contributed by atoms with van der Waals surface area (Å²) in [6.07, 6.45) is 48.0. The zero-order chi connectivity index (χ0) is 49.3. The molecule has 390 valence electrons. The van der Waals surface area contributed by atoms with Gasteiger partial charge in [0.2, 0.25) is 23.6 Å². The van der Waals surface area contributed by atoms with Crippen molar-refractivity contribution in [1.29, 1.82) is 0 Å². The normalized spacial score (nSPS) is 15.0. The lowest BCUT2D eigenvalue weighted by atomic mass is 10.1. The van der Waals surface area contributed by atoms with Crippen LogP contribution in [0.15, 0.2) is 48.6 Å². The van der Waals surface area contributed by atoms with Crippen LogP contribution in [0.4, 0.5) is 0 Å². The minimum absolute atomic E-state index is 0.0427. The van der Waals surface area contributed by atoms with Crippen molar-refractivity contribution in [2.45, 2.75) is 206 Å². The van der Waals surface area contributed by atoms with Gasteiger partial charge in [-0.2, -0.15) is 0 Å². The smallest absolute Gasteiger partial charge is 0.243 e. The Kier molecular flexibility index (Phi) is 37.1. The van der Waals surface area contributed by atoms with Crippen LogP contribution >= 0.6 is 0 Å². The van der Waals surface area contributed by atoms with E-state index in [0.717, 1.165) is 89.9 Å². The fraction of sp³-hybridized carbons (Fsp3) is 0.789. The lowest BCUT2D eigenvalue weighted by molar-refractivity contribution is -0.142. The Bertz CT molecular complexity index is 1320. The first-order valence-electron chi connectivity index (χ1n) is 27.7. The molecule has 0 aromatic carbocycles. The largest absolute Gasteiger partial charge is 0.383 e. The first-order valence-corrected chi connectivity index (χ1v) is 27.7. The second-order valence-corrected chi connectivity index (χ2v) is 19.6. The van der Waals surface area contributed by atoms with Crippen LogP contribution in [0, 0.1) is 11.8 Å². The van der Waals surface area contributed by atoms with Crippen molar-refractivity contribution < 1.29 is 28.7 Å². The molecule has 0 aromatic rings. The topological polar surface area (TPSA) is 121 Å². The van der Waals surface area contributed by atoms with Gasteiger partial charge in [-0.25, -0.2) is 0 Å². The van der Waals surface area contributed by atoms with Gasteiger partial charge in [-0.1, -0.05) is 127 Å². The standard InChI is InChI=1S/C57H101N5O6/c1-6-8-10-12-14-16-18-20-22-24-26-28-30-32-34-36-52(63)61(46-48-67-4)54(50-38-39-50)56(65)58-42-44-60(3)45-43-59-57(66)55(51-40-41-51)62(47-49-68-5)53(64)37-35-33-31-29-27-25-23-21-19-17-15-13-11-9-7-2/h14-17,20-23,50-51,54-55H,6-13,18-19,24-49H2,1-5H3,(H,58,65)(H,59,66)/b16-14-,17-15-,22-20-,23-21-. The Morgan fingerprint density at radius 1 is 0.485 bits per heavy atom. The SMILES string of the molecule is CCCCC/C=C\C/C=C\CCCCCCCC(=O)N(CCOC)C(C(=O)NCCN(C)CCNC(=O)C(C1CC1)N(CCOC)C(=O)CCCCCCC/C=C\C/C=C\CCCCC)C1CC1. The molecule has 2 aliphatic rings. The maximum absolute atomic E-state index is 13.7. The number of nitrogens with zero attached hydrogens (tertiary/aromatic N) is 3. The fourth-order valence-electron chi connectivity index (χ4n) is 8.78. The molecule has 2 saturated carbocycles. The molecule has 0 saturated heterocycles. The molecule has 2 unspecified atom stereocenters. The fourth-order valence-corrected chi connectivity index (χ4v) is 8.78. The number of rotatable bonds is 46. The average Bonchev–Trinajstić information content (AvgIpc) is 4.28. The molecule has 11 heteroatoms. The van der Waals surface area contributed by atoms with E-state index in [1.54, 1.807) is 24.0 Å². The van der Waals surface area contributed by atoms with Crippen molar-refractivity contribution in [3.63, 3.8) is 0 Å². The van der Waals surface area contributed by atoms with Crippen molar-refractivity contribution in [3.8, 4) is 0 Å². The molecule has 11 nitrogen and oxygen atoms in total. The van der Waals surface area contributed by atoms with E-state index in [1.165, 1.54) is 77.0 Å². The summed E-state index contributed by atoms with van der Waals surface area (Å²) in [6.45, 7) is 8.21. The van der Waals surface area contributed by atoms with Crippen LogP contribution in [0.2, 0.25) is 0 Å². The highest BCUT2D eigenvalue weighted by Crippen LogP contribution is 2.37. The van der Waals surface area contributed by atoms with E-state index in [-0.39, 0.29) is 35.5 Å². The lowest BCUT2D eigenvalue weighted by Gasteiger charge is -2.32. The van der Waals surface area contributed by atoms with Gasteiger partial charge in [0.25, 0.3) is 0 Å². The quantitative estimate of drug-likeness (QED) is 0.0460. The summed E-state index contributed by atoms with van der Waals surface area (Å²) in [4.78, 5) is 60.2. The average molecular weight is 952 g/mol. The van der Waals surface area contributed by atoms with Crippen molar-refractivity contribution in [2.24, 2.45) is 11.8 Å².